The SMILES string of the molecule is Clc1cccc(C2CNCC3(CCCCC3)O2)c1Cl. The second-order valence-electron chi connectivity index (χ2n) is 5.62. The lowest BCUT2D eigenvalue weighted by molar-refractivity contribution is -0.135. The highest BCUT2D eigenvalue weighted by Gasteiger charge is 2.39. The van der Waals surface area contributed by atoms with Gasteiger partial charge < -0.3 is 10.1 Å². The minimum Gasteiger partial charge on any atom is -0.364 e. The predicted molar refractivity (Wildman–Crippen MR) is 79.0 cm³/mol. The molecule has 1 N–H and O–H groups in total. The third kappa shape index (κ3) is 2.78. The van der Waals surface area contributed by atoms with E-state index in [0.29, 0.717) is 10.0 Å². The Kier molecular flexibility index (Phi) is 4.04. The molecule has 1 aliphatic carbocycles. The van der Waals surface area contributed by atoms with E-state index in [1.165, 1.54) is 19.3 Å². The summed E-state index contributed by atoms with van der Waals surface area (Å²) in [4.78, 5) is 0. The second-order valence-corrected chi connectivity index (χ2v) is 6.41. The molecule has 1 saturated heterocycles. The summed E-state index contributed by atoms with van der Waals surface area (Å²) >= 11 is 12.4. The van der Waals surface area contributed by atoms with Crippen LogP contribution in [0.15, 0.2) is 18.2 Å². The Hall–Kier alpha value is -0.280. The summed E-state index contributed by atoms with van der Waals surface area (Å²) in [7, 11) is 0. The zero-order valence-corrected chi connectivity index (χ0v) is 12.4. The van der Waals surface area contributed by atoms with Gasteiger partial charge in [0.05, 0.1) is 21.8 Å². The number of halogens is 2. The average Bonchev–Trinajstić information content (AvgIpc) is 2.43. The van der Waals surface area contributed by atoms with Gasteiger partial charge in [-0.1, -0.05) is 54.6 Å². The first-order valence-corrected chi connectivity index (χ1v) is 7.78. The van der Waals surface area contributed by atoms with Crippen molar-refractivity contribution in [3.05, 3.63) is 33.8 Å². The largest absolute Gasteiger partial charge is 0.364 e. The fraction of sp³-hybridized carbons (Fsp3) is 0.600. The lowest BCUT2D eigenvalue weighted by Crippen LogP contribution is -2.51. The molecule has 1 heterocycles. The molecule has 2 aliphatic rings. The van der Waals surface area contributed by atoms with Crippen LogP contribution in [0.25, 0.3) is 0 Å². The van der Waals surface area contributed by atoms with Gasteiger partial charge in [0.25, 0.3) is 0 Å². The Bertz CT molecular complexity index is 452. The highest BCUT2D eigenvalue weighted by Crippen LogP contribution is 2.40. The maximum Gasteiger partial charge on any atom is 0.0972 e. The van der Waals surface area contributed by atoms with Crippen molar-refractivity contribution in [2.75, 3.05) is 13.1 Å². The zero-order valence-electron chi connectivity index (χ0n) is 10.9. The first kappa shape index (κ1) is 13.7. The normalized spacial score (nSPS) is 26.5. The summed E-state index contributed by atoms with van der Waals surface area (Å²) in [5.74, 6) is 0. The summed E-state index contributed by atoms with van der Waals surface area (Å²) in [6, 6.07) is 5.78. The summed E-state index contributed by atoms with van der Waals surface area (Å²) < 4.78 is 6.43. The molecule has 1 spiro atoms. The maximum atomic E-state index is 6.43. The number of morpholine rings is 1. The van der Waals surface area contributed by atoms with Crippen molar-refractivity contribution in [3.63, 3.8) is 0 Å². The molecule has 2 nitrogen and oxygen atoms in total. The van der Waals surface area contributed by atoms with Crippen LogP contribution in [0.2, 0.25) is 10.0 Å². The van der Waals surface area contributed by atoms with Crippen molar-refractivity contribution >= 4 is 23.2 Å². The first-order valence-electron chi connectivity index (χ1n) is 7.03. The quantitative estimate of drug-likeness (QED) is 0.832. The van der Waals surface area contributed by atoms with Gasteiger partial charge >= 0.3 is 0 Å². The standard InChI is InChI=1S/C15H19Cl2NO/c16-12-6-4-5-11(14(12)17)13-9-18-10-15(19-13)7-2-1-3-8-15/h4-6,13,18H,1-3,7-10H2. The Labute approximate surface area is 124 Å². The summed E-state index contributed by atoms with van der Waals surface area (Å²) in [6.45, 7) is 1.77. The molecule has 1 aliphatic heterocycles. The fourth-order valence-corrected chi connectivity index (χ4v) is 3.68. The van der Waals surface area contributed by atoms with Gasteiger partial charge in [0.15, 0.2) is 0 Å². The van der Waals surface area contributed by atoms with Crippen LogP contribution in [-0.2, 0) is 4.74 Å². The van der Waals surface area contributed by atoms with Crippen LogP contribution in [-0.4, -0.2) is 18.7 Å². The Morgan fingerprint density at radius 1 is 1.16 bits per heavy atom. The van der Waals surface area contributed by atoms with Crippen molar-refractivity contribution in [1.29, 1.82) is 0 Å². The Balaban J connectivity index is 1.83. The topological polar surface area (TPSA) is 21.3 Å². The van der Waals surface area contributed by atoms with Gasteiger partial charge in [-0.05, 0) is 18.9 Å². The van der Waals surface area contributed by atoms with E-state index in [0.717, 1.165) is 31.5 Å². The van der Waals surface area contributed by atoms with Crippen molar-refractivity contribution in [2.24, 2.45) is 0 Å². The van der Waals surface area contributed by atoms with E-state index in [-0.39, 0.29) is 11.7 Å². The lowest BCUT2D eigenvalue weighted by atomic mass is 9.83. The second kappa shape index (κ2) is 5.61. The molecule has 1 atom stereocenters. The molecule has 3 rings (SSSR count). The molecule has 19 heavy (non-hydrogen) atoms. The molecule has 0 bridgehead atoms. The van der Waals surface area contributed by atoms with E-state index >= 15 is 0 Å². The van der Waals surface area contributed by atoms with Crippen LogP contribution in [0.3, 0.4) is 0 Å². The van der Waals surface area contributed by atoms with E-state index in [2.05, 4.69) is 5.32 Å². The van der Waals surface area contributed by atoms with E-state index in [9.17, 15) is 0 Å². The van der Waals surface area contributed by atoms with E-state index in [1.807, 2.05) is 18.2 Å². The van der Waals surface area contributed by atoms with Crippen molar-refractivity contribution < 1.29 is 4.74 Å². The molecule has 1 aromatic carbocycles. The van der Waals surface area contributed by atoms with Crippen LogP contribution >= 0.6 is 23.2 Å². The summed E-state index contributed by atoms with van der Waals surface area (Å²) in [6.07, 6.45) is 6.16. The van der Waals surface area contributed by atoms with Gasteiger partial charge in [-0.25, -0.2) is 0 Å². The van der Waals surface area contributed by atoms with Gasteiger partial charge in [-0.15, -0.1) is 0 Å². The first-order chi connectivity index (χ1) is 9.20. The Morgan fingerprint density at radius 2 is 1.95 bits per heavy atom. The highest BCUT2D eigenvalue weighted by atomic mass is 35.5. The van der Waals surface area contributed by atoms with Gasteiger partial charge in [0, 0.05) is 18.7 Å². The molecular weight excluding hydrogens is 281 g/mol. The van der Waals surface area contributed by atoms with Gasteiger partial charge in [0.2, 0.25) is 0 Å². The van der Waals surface area contributed by atoms with Crippen molar-refractivity contribution in [3.8, 4) is 0 Å². The number of hydrogen-bond acceptors (Lipinski definition) is 2. The van der Waals surface area contributed by atoms with Gasteiger partial charge in [-0.3, -0.25) is 0 Å². The van der Waals surface area contributed by atoms with E-state index < -0.39 is 0 Å². The number of nitrogens with one attached hydrogen (secondary N) is 1. The number of benzene rings is 1. The van der Waals surface area contributed by atoms with Crippen LogP contribution in [0.1, 0.15) is 43.8 Å². The highest BCUT2D eigenvalue weighted by molar-refractivity contribution is 6.42. The van der Waals surface area contributed by atoms with Crippen molar-refractivity contribution in [2.45, 2.75) is 43.8 Å². The fourth-order valence-electron chi connectivity index (χ4n) is 3.25. The number of ether oxygens (including phenoxy) is 1. The molecule has 0 amide bonds. The average molecular weight is 300 g/mol. The molecule has 0 aromatic heterocycles. The molecule has 0 radical (unpaired) electrons. The number of hydrogen-bond donors (Lipinski definition) is 1. The third-order valence-corrected chi connectivity index (χ3v) is 5.10. The number of rotatable bonds is 1. The molecule has 4 heteroatoms. The van der Waals surface area contributed by atoms with Crippen LogP contribution < -0.4 is 5.32 Å². The molecule has 1 unspecified atom stereocenters. The van der Waals surface area contributed by atoms with Crippen LogP contribution in [0, 0.1) is 0 Å². The minimum absolute atomic E-state index is 0.00676. The van der Waals surface area contributed by atoms with E-state index in [4.69, 9.17) is 27.9 Å². The third-order valence-electron chi connectivity index (χ3n) is 4.26. The summed E-state index contributed by atoms with van der Waals surface area (Å²) in [5, 5.41) is 4.75. The van der Waals surface area contributed by atoms with Gasteiger partial charge in [-0.2, -0.15) is 0 Å². The smallest absolute Gasteiger partial charge is 0.0972 e. The van der Waals surface area contributed by atoms with Crippen molar-refractivity contribution in [1.82, 2.24) is 5.32 Å². The molecule has 1 saturated carbocycles. The monoisotopic (exact) mass is 299 g/mol. The lowest BCUT2D eigenvalue weighted by Gasteiger charge is -2.44. The Morgan fingerprint density at radius 3 is 2.74 bits per heavy atom. The van der Waals surface area contributed by atoms with Crippen LogP contribution in [0.4, 0.5) is 0 Å². The minimum atomic E-state index is 0.00676. The maximum absolute atomic E-state index is 6.43. The summed E-state index contributed by atoms with van der Waals surface area (Å²) in [5.41, 5.74) is 1.01. The molecule has 104 valence electrons. The van der Waals surface area contributed by atoms with Gasteiger partial charge in [0.1, 0.15) is 0 Å². The molecule has 2 fully saturated rings. The van der Waals surface area contributed by atoms with E-state index in [1.54, 1.807) is 0 Å². The predicted octanol–water partition coefficient (Wildman–Crippen LogP) is 4.36. The molecule has 1 aromatic rings. The molecular formula is C15H19Cl2NO. The van der Waals surface area contributed by atoms with Crippen LogP contribution in [0.5, 0.6) is 0 Å². The zero-order chi connectivity index (χ0) is 13.3.